The highest BCUT2D eigenvalue weighted by Crippen LogP contribution is 2.21. The molecule has 1 aromatic heterocycles. The van der Waals surface area contributed by atoms with Gasteiger partial charge in [0.05, 0.1) is 0 Å². The number of rotatable bonds is 6. The minimum absolute atomic E-state index is 0.0896. The topological polar surface area (TPSA) is 112 Å². The Morgan fingerprint density at radius 1 is 1.03 bits per heavy atom. The van der Waals surface area contributed by atoms with Gasteiger partial charge in [-0.25, -0.2) is 14.0 Å². The second kappa shape index (κ2) is 14.6. The Morgan fingerprint density at radius 3 is 2.08 bits per heavy atom. The normalized spacial score (nSPS) is 14.9. The van der Waals surface area contributed by atoms with Gasteiger partial charge < -0.3 is 25.0 Å². The van der Waals surface area contributed by atoms with Crippen LogP contribution in [0.25, 0.3) is 0 Å². The molecule has 0 radical (unpaired) electrons. The Labute approximate surface area is 218 Å². The average molecular weight is 571 g/mol. The lowest BCUT2D eigenvalue weighted by Crippen LogP contribution is -2.37. The first-order valence-corrected chi connectivity index (χ1v) is 11.4. The van der Waals surface area contributed by atoms with Crippen molar-refractivity contribution in [2.45, 2.75) is 50.7 Å². The van der Waals surface area contributed by atoms with Crippen molar-refractivity contribution in [2.24, 2.45) is 0 Å². The van der Waals surface area contributed by atoms with E-state index in [-0.39, 0.29) is 11.4 Å². The predicted octanol–water partition coefficient (Wildman–Crippen LogP) is 3.46. The van der Waals surface area contributed by atoms with E-state index >= 15 is 0 Å². The number of aromatic nitrogens is 1. The van der Waals surface area contributed by atoms with Gasteiger partial charge in [-0.3, -0.25) is 4.79 Å². The zero-order valence-electron chi connectivity index (χ0n) is 20.9. The fraction of sp³-hybridized carbons (Fsp3) is 0.458. The van der Waals surface area contributed by atoms with Crippen LogP contribution in [0, 0.1) is 5.82 Å². The fourth-order valence-corrected chi connectivity index (χ4v) is 3.45. The Bertz CT molecular complexity index is 1140. The van der Waals surface area contributed by atoms with Gasteiger partial charge in [0.15, 0.2) is 0 Å². The molecule has 1 unspecified atom stereocenters. The van der Waals surface area contributed by atoms with Crippen molar-refractivity contribution in [1.29, 1.82) is 0 Å². The smallest absolute Gasteiger partial charge is 0.475 e. The molecule has 15 heteroatoms. The summed E-state index contributed by atoms with van der Waals surface area (Å²) in [6, 6.07) is 10.7. The van der Waals surface area contributed by atoms with Crippen molar-refractivity contribution in [3.05, 3.63) is 69.4 Å². The Kier molecular flexibility index (Phi) is 12.6. The van der Waals surface area contributed by atoms with Gasteiger partial charge in [-0.1, -0.05) is 18.2 Å². The zero-order valence-corrected chi connectivity index (χ0v) is 20.9. The molecule has 0 aliphatic heterocycles. The van der Waals surface area contributed by atoms with Crippen LogP contribution in [0.2, 0.25) is 0 Å². The highest BCUT2D eigenvalue weighted by molar-refractivity contribution is 5.73. The van der Waals surface area contributed by atoms with Crippen LogP contribution in [0.3, 0.4) is 0 Å². The fourth-order valence-electron chi connectivity index (χ4n) is 3.45. The molecule has 1 heterocycles. The molecule has 0 spiro atoms. The molecule has 1 atom stereocenters. The van der Waals surface area contributed by atoms with E-state index in [4.69, 9.17) is 19.8 Å². The number of carboxylic acid groups (broad SMARTS) is 2. The van der Waals surface area contributed by atoms with E-state index in [2.05, 4.69) is 10.2 Å². The van der Waals surface area contributed by atoms with Gasteiger partial charge in [0.2, 0.25) is 0 Å². The van der Waals surface area contributed by atoms with Crippen molar-refractivity contribution >= 4 is 11.9 Å². The van der Waals surface area contributed by atoms with E-state index in [1.165, 1.54) is 17.3 Å². The standard InChI is InChI=1S/C20H26FN3O.2C2HF3O2/c1-23(2)10-11-24-19-8-7-18(13-16(19)6-9-20(24)25)22-14-15-4-3-5-17(21)12-15;2*3-2(4,5)1(6)7/h3-6,9,12,18,22H,7-8,10-11,13-14H2,1-2H3;2*(H,6,7). The van der Waals surface area contributed by atoms with Gasteiger partial charge in [-0.15, -0.1) is 0 Å². The van der Waals surface area contributed by atoms with E-state index < -0.39 is 24.3 Å². The zero-order chi connectivity index (χ0) is 30.0. The van der Waals surface area contributed by atoms with Gasteiger partial charge in [0, 0.05) is 37.4 Å². The highest BCUT2D eigenvalue weighted by atomic mass is 19.4. The average Bonchev–Trinajstić information content (AvgIpc) is 2.81. The van der Waals surface area contributed by atoms with E-state index in [9.17, 15) is 35.5 Å². The minimum atomic E-state index is -5.08. The lowest BCUT2D eigenvalue weighted by molar-refractivity contribution is -0.193. The van der Waals surface area contributed by atoms with Gasteiger partial charge in [-0.2, -0.15) is 26.3 Å². The monoisotopic (exact) mass is 571 g/mol. The number of alkyl halides is 6. The third-order valence-electron chi connectivity index (χ3n) is 5.33. The summed E-state index contributed by atoms with van der Waals surface area (Å²) in [6.07, 6.45) is -7.36. The summed E-state index contributed by atoms with van der Waals surface area (Å²) in [5, 5.41) is 17.8. The van der Waals surface area contributed by atoms with Crippen LogP contribution < -0.4 is 10.9 Å². The van der Waals surface area contributed by atoms with Crippen molar-refractivity contribution in [1.82, 2.24) is 14.8 Å². The quantitative estimate of drug-likeness (QED) is 0.456. The van der Waals surface area contributed by atoms with Gasteiger partial charge in [-0.05, 0) is 56.6 Å². The van der Waals surface area contributed by atoms with Crippen molar-refractivity contribution in [3.63, 3.8) is 0 Å². The number of hydrogen-bond acceptors (Lipinski definition) is 5. The molecule has 8 nitrogen and oxygen atoms in total. The molecule has 3 N–H and O–H groups in total. The largest absolute Gasteiger partial charge is 0.490 e. The summed E-state index contributed by atoms with van der Waals surface area (Å²) in [5.41, 5.74) is 3.48. The number of nitrogens with zero attached hydrogens (tertiary/aromatic N) is 2. The highest BCUT2D eigenvalue weighted by Gasteiger charge is 2.38. The second-order valence-corrected chi connectivity index (χ2v) is 8.65. The second-order valence-electron chi connectivity index (χ2n) is 8.65. The Hall–Kier alpha value is -3.46. The van der Waals surface area contributed by atoms with Crippen LogP contribution in [0.15, 0.2) is 41.2 Å². The summed E-state index contributed by atoms with van der Waals surface area (Å²) < 4.78 is 78.7. The lowest BCUT2D eigenvalue weighted by atomic mass is 9.91. The van der Waals surface area contributed by atoms with Crippen LogP contribution >= 0.6 is 0 Å². The first kappa shape index (κ1) is 33.6. The third-order valence-corrected chi connectivity index (χ3v) is 5.33. The number of carboxylic acids is 2. The number of fused-ring (bicyclic) bond motifs is 1. The maximum atomic E-state index is 13.3. The Morgan fingerprint density at radius 2 is 1.59 bits per heavy atom. The summed E-state index contributed by atoms with van der Waals surface area (Å²) in [5.74, 6) is -5.71. The first-order chi connectivity index (χ1) is 17.9. The van der Waals surface area contributed by atoms with Crippen LogP contribution in [0.4, 0.5) is 30.7 Å². The number of hydrogen-bond donors (Lipinski definition) is 3. The maximum Gasteiger partial charge on any atom is 0.490 e. The van der Waals surface area contributed by atoms with Gasteiger partial charge >= 0.3 is 24.3 Å². The van der Waals surface area contributed by atoms with Crippen LogP contribution in [0.1, 0.15) is 23.2 Å². The molecular weight excluding hydrogens is 543 g/mol. The Balaban J connectivity index is 0.000000449. The summed E-state index contributed by atoms with van der Waals surface area (Å²) in [4.78, 5) is 32.1. The number of halogens is 7. The number of carbonyl (C=O) groups is 2. The van der Waals surface area contributed by atoms with Gasteiger partial charge in [0.25, 0.3) is 5.56 Å². The molecule has 1 aliphatic carbocycles. The molecule has 1 aromatic carbocycles. The molecule has 39 heavy (non-hydrogen) atoms. The molecule has 218 valence electrons. The summed E-state index contributed by atoms with van der Waals surface area (Å²) in [7, 11) is 4.04. The van der Waals surface area contributed by atoms with Crippen molar-refractivity contribution < 1.29 is 50.5 Å². The van der Waals surface area contributed by atoms with Crippen LogP contribution in [0.5, 0.6) is 0 Å². The lowest BCUT2D eigenvalue weighted by Gasteiger charge is -2.28. The molecule has 0 fully saturated rings. The van der Waals surface area contributed by atoms with Crippen molar-refractivity contribution in [2.75, 3.05) is 20.6 Å². The number of nitrogens with one attached hydrogen (secondary N) is 1. The predicted molar refractivity (Wildman–Crippen MR) is 126 cm³/mol. The third kappa shape index (κ3) is 12.3. The number of benzene rings is 1. The number of pyridine rings is 1. The molecular formula is C24H28F7N3O5. The number of likely N-dealkylation sites (N-methyl/N-ethyl adjacent to an activating group) is 1. The summed E-state index contributed by atoms with van der Waals surface area (Å²) >= 11 is 0. The maximum absolute atomic E-state index is 13.3. The van der Waals surface area contributed by atoms with Crippen molar-refractivity contribution in [3.8, 4) is 0 Å². The van der Waals surface area contributed by atoms with E-state index in [0.717, 1.165) is 37.9 Å². The molecule has 0 bridgehead atoms. The molecule has 0 amide bonds. The molecule has 1 aliphatic rings. The molecule has 3 rings (SSSR count). The number of aliphatic carboxylic acids is 2. The van der Waals surface area contributed by atoms with Crippen LogP contribution in [-0.4, -0.2) is 70.7 Å². The SMILES string of the molecule is CN(C)CCn1c2c(ccc1=O)CC(NCc1cccc(F)c1)CC2.O=C(O)C(F)(F)F.O=C(O)C(F)(F)F. The summed E-state index contributed by atoms with van der Waals surface area (Å²) in [6.45, 7) is 2.26. The van der Waals surface area contributed by atoms with Crippen LogP contribution in [-0.2, 0) is 35.5 Å². The van der Waals surface area contributed by atoms with E-state index in [0.29, 0.717) is 12.6 Å². The molecule has 2 aromatic rings. The van der Waals surface area contributed by atoms with E-state index in [1.807, 2.05) is 30.8 Å². The molecule has 0 saturated heterocycles. The minimum Gasteiger partial charge on any atom is -0.475 e. The molecule has 0 saturated carbocycles. The van der Waals surface area contributed by atoms with E-state index in [1.54, 1.807) is 18.2 Å². The first-order valence-electron chi connectivity index (χ1n) is 11.4. The van der Waals surface area contributed by atoms with Gasteiger partial charge in [0.1, 0.15) is 5.82 Å².